The van der Waals surface area contributed by atoms with Gasteiger partial charge in [0, 0.05) is 24.2 Å². The van der Waals surface area contributed by atoms with E-state index in [9.17, 15) is 9.59 Å². The normalized spacial score (nSPS) is 16.1. The van der Waals surface area contributed by atoms with E-state index in [-0.39, 0.29) is 17.9 Å². The molecular weight excluding hydrogens is 376 g/mol. The van der Waals surface area contributed by atoms with Gasteiger partial charge in [0.1, 0.15) is 6.10 Å². The highest BCUT2D eigenvalue weighted by Gasteiger charge is 2.26. The van der Waals surface area contributed by atoms with Crippen LogP contribution in [0.25, 0.3) is 0 Å². The Morgan fingerprint density at radius 3 is 2.20 bits per heavy atom. The van der Waals surface area contributed by atoms with E-state index in [0.717, 1.165) is 11.1 Å². The van der Waals surface area contributed by atoms with Gasteiger partial charge >= 0.3 is 0 Å². The van der Waals surface area contributed by atoms with Crippen molar-refractivity contribution < 1.29 is 14.3 Å². The first-order chi connectivity index (χ1) is 14.7. The molecule has 1 heterocycles. The zero-order valence-corrected chi connectivity index (χ0v) is 16.7. The average molecular weight is 400 g/mol. The fourth-order valence-electron chi connectivity index (χ4n) is 3.53. The van der Waals surface area contributed by atoms with Crippen LogP contribution in [-0.2, 0) is 11.3 Å². The van der Waals surface area contributed by atoms with Gasteiger partial charge in [-0.05, 0) is 35.4 Å². The van der Waals surface area contributed by atoms with Crippen LogP contribution in [-0.4, -0.2) is 36.4 Å². The molecule has 0 spiro atoms. The summed E-state index contributed by atoms with van der Waals surface area (Å²) in [5.74, 6) is -0.205. The van der Waals surface area contributed by atoms with Crippen LogP contribution < -0.4 is 5.32 Å². The van der Waals surface area contributed by atoms with Crippen molar-refractivity contribution in [3.8, 4) is 0 Å². The van der Waals surface area contributed by atoms with Gasteiger partial charge in [-0.1, -0.05) is 60.7 Å². The van der Waals surface area contributed by atoms with Gasteiger partial charge in [-0.2, -0.15) is 0 Å². The molecule has 0 aliphatic carbocycles. The first-order valence-electron chi connectivity index (χ1n) is 10.1. The van der Waals surface area contributed by atoms with Gasteiger partial charge in [0.05, 0.1) is 13.2 Å². The maximum atomic E-state index is 12.9. The molecular formula is C25H24N2O3. The van der Waals surface area contributed by atoms with Gasteiger partial charge < -0.3 is 15.0 Å². The molecule has 5 heteroatoms. The van der Waals surface area contributed by atoms with E-state index in [0.29, 0.717) is 37.4 Å². The Morgan fingerprint density at radius 2 is 1.50 bits per heavy atom. The maximum absolute atomic E-state index is 12.9. The smallest absolute Gasteiger partial charge is 0.254 e. The number of benzene rings is 3. The SMILES string of the molecule is O=C(NCc1ccccc1)c1ccc(C(=O)N2CCOC(c3ccccc3)C2)cc1. The van der Waals surface area contributed by atoms with Gasteiger partial charge in [-0.3, -0.25) is 9.59 Å². The van der Waals surface area contributed by atoms with Crippen molar-refractivity contribution in [3.05, 3.63) is 107 Å². The van der Waals surface area contributed by atoms with Crippen molar-refractivity contribution in [1.82, 2.24) is 10.2 Å². The minimum atomic E-state index is -0.159. The lowest BCUT2D eigenvalue weighted by Crippen LogP contribution is -2.42. The molecule has 152 valence electrons. The minimum absolute atomic E-state index is 0.0459. The molecule has 0 saturated carbocycles. The Bertz CT molecular complexity index is 988. The summed E-state index contributed by atoms with van der Waals surface area (Å²) in [6, 6.07) is 26.5. The van der Waals surface area contributed by atoms with Crippen molar-refractivity contribution in [2.45, 2.75) is 12.6 Å². The highest BCUT2D eigenvalue weighted by atomic mass is 16.5. The molecule has 3 aromatic rings. The summed E-state index contributed by atoms with van der Waals surface area (Å²) < 4.78 is 5.85. The van der Waals surface area contributed by atoms with Crippen molar-refractivity contribution >= 4 is 11.8 Å². The number of carbonyl (C=O) groups is 2. The monoisotopic (exact) mass is 400 g/mol. The van der Waals surface area contributed by atoms with Crippen LogP contribution in [0, 0.1) is 0 Å². The highest BCUT2D eigenvalue weighted by molar-refractivity contribution is 5.97. The van der Waals surface area contributed by atoms with Crippen LogP contribution in [0.3, 0.4) is 0 Å². The van der Waals surface area contributed by atoms with Gasteiger partial charge in [0.15, 0.2) is 0 Å². The van der Waals surface area contributed by atoms with E-state index in [1.807, 2.05) is 65.6 Å². The second kappa shape index (κ2) is 9.37. The summed E-state index contributed by atoms with van der Waals surface area (Å²) >= 11 is 0. The number of nitrogens with zero attached hydrogens (tertiary/aromatic N) is 1. The first kappa shape index (κ1) is 19.9. The van der Waals surface area contributed by atoms with Crippen LogP contribution in [0.5, 0.6) is 0 Å². The standard InChI is InChI=1S/C25H24N2O3/c28-24(26-17-19-7-3-1-4-8-19)21-11-13-22(14-12-21)25(29)27-15-16-30-23(18-27)20-9-5-2-6-10-20/h1-14,23H,15-18H2,(H,26,28). The summed E-state index contributed by atoms with van der Waals surface area (Å²) in [6.45, 7) is 2.05. The summed E-state index contributed by atoms with van der Waals surface area (Å²) in [4.78, 5) is 27.1. The first-order valence-corrected chi connectivity index (χ1v) is 10.1. The van der Waals surface area contributed by atoms with E-state index in [4.69, 9.17) is 4.74 Å². The molecule has 1 atom stereocenters. The van der Waals surface area contributed by atoms with Crippen molar-refractivity contribution in [3.63, 3.8) is 0 Å². The maximum Gasteiger partial charge on any atom is 0.254 e. The summed E-state index contributed by atoms with van der Waals surface area (Å²) in [7, 11) is 0. The molecule has 0 aromatic heterocycles. The third kappa shape index (κ3) is 4.75. The Labute approximate surface area is 176 Å². The number of carbonyl (C=O) groups excluding carboxylic acids is 2. The molecule has 3 aromatic carbocycles. The lowest BCUT2D eigenvalue weighted by Gasteiger charge is -2.33. The zero-order valence-electron chi connectivity index (χ0n) is 16.7. The third-order valence-electron chi connectivity index (χ3n) is 5.21. The largest absolute Gasteiger partial charge is 0.370 e. The zero-order chi connectivity index (χ0) is 20.8. The Kier molecular flexibility index (Phi) is 6.20. The Hall–Kier alpha value is -3.44. The van der Waals surface area contributed by atoms with Crippen molar-refractivity contribution in [2.75, 3.05) is 19.7 Å². The number of amides is 2. The van der Waals surface area contributed by atoms with E-state index >= 15 is 0 Å². The molecule has 1 aliphatic heterocycles. The van der Waals surface area contributed by atoms with Crippen LogP contribution in [0.4, 0.5) is 0 Å². The quantitative estimate of drug-likeness (QED) is 0.708. The molecule has 1 fully saturated rings. The van der Waals surface area contributed by atoms with Crippen LogP contribution >= 0.6 is 0 Å². The fraction of sp³-hybridized carbons (Fsp3) is 0.200. The van der Waals surface area contributed by atoms with Crippen LogP contribution in [0.2, 0.25) is 0 Å². The Morgan fingerprint density at radius 1 is 0.867 bits per heavy atom. The number of rotatable bonds is 5. The number of hydrogen-bond donors (Lipinski definition) is 1. The summed E-state index contributed by atoms with van der Waals surface area (Å²) in [5.41, 5.74) is 3.22. The molecule has 2 amide bonds. The topological polar surface area (TPSA) is 58.6 Å². The fourth-order valence-corrected chi connectivity index (χ4v) is 3.53. The van der Waals surface area contributed by atoms with Crippen molar-refractivity contribution in [1.29, 1.82) is 0 Å². The molecule has 0 radical (unpaired) electrons. The van der Waals surface area contributed by atoms with E-state index in [1.165, 1.54) is 0 Å². The summed E-state index contributed by atoms with van der Waals surface area (Å²) in [5, 5.41) is 2.90. The van der Waals surface area contributed by atoms with E-state index < -0.39 is 0 Å². The minimum Gasteiger partial charge on any atom is -0.370 e. The lowest BCUT2D eigenvalue weighted by molar-refractivity contribution is -0.0228. The van der Waals surface area contributed by atoms with E-state index in [2.05, 4.69) is 5.32 Å². The molecule has 1 N–H and O–H groups in total. The highest BCUT2D eigenvalue weighted by Crippen LogP contribution is 2.23. The number of nitrogens with one attached hydrogen (secondary N) is 1. The van der Waals surface area contributed by atoms with Crippen LogP contribution in [0.1, 0.15) is 37.9 Å². The second-order valence-corrected chi connectivity index (χ2v) is 7.27. The average Bonchev–Trinajstić information content (AvgIpc) is 2.83. The van der Waals surface area contributed by atoms with E-state index in [1.54, 1.807) is 24.3 Å². The van der Waals surface area contributed by atoms with Crippen molar-refractivity contribution in [2.24, 2.45) is 0 Å². The Balaban J connectivity index is 1.37. The molecule has 0 bridgehead atoms. The molecule has 1 aliphatic rings. The van der Waals surface area contributed by atoms with Gasteiger partial charge in [-0.15, -0.1) is 0 Å². The van der Waals surface area contributed by atoms with Gasteiger partial charge in [0.2, 0.25) is 0 Å². The number of hydrogen-bond acceptors (Lipinski definition) is 3. The second-order valence-electron chi connectivity index (χ2n) is 7.27. The van der Waals surface area contributed by atoms with Gasteiger partial charge in [-0.25, -0.2) is 0 Å². The third-order valence-corrected chi connectivity index (χ3v) is 5.21. The number of ether oxygens (including phenoxy) is 1. The molecule has 4 rings (SSSR count). The molecule has 1 unspecified atom stereocenters. The van der Waals surface area contributed by atoms with Crippen LogP contribution in [0.15, 0.2) is 84.9 Å². The molecule has 5 nitrogen and oxygen atoms in total. The molecule has 1 saturated heterocycles. The summed E-state index contributed by atoms with van der Waals surface area (Å²) in [6.07, 6.45) is -0.119. The lowest BCUT2D eigenvalue weighted by atomic mass is 10.1. The predicted molar refractivity (Wildman–Crippen MR) is 115 cm³/mol. The van der Waals surface area contributed by atoms with Gasteiger partial charge in [0.25, 0.3) is 11.8 Å². The predicted octanol–water partition coefficient (Wildman–Crippen LogP) is 3.83. The number of morpholine rings is 1. The molecule has 30 heavy (non-hydrogen) atoms.